The van der Waals surface area contributed by atoms with Gasteiger partial charge in [0.05, 0.1) is 6.54 Å². The maximum atomic E-state index is 12.4. The maximum absolute atomic E-state index is 12.4. The van der Waals surface area contributed by atoms with Crippen molar-refractivity contribution < 1.29 is 4.79 Å². The lowest BCUT2D eigenvalue weighted by Gasteiger charge is -2.33. The topological polar surface area (TPSA) is 38.8 Å². The zero-order valence-electron chi connectivity index (χ0n) is 13.8. The molecule has 1 heterocycles. The predicted octanol–water partition coefficient (Wildman–Crippen LogP) is 0.615. The second-order valence-corrected chi connectivity index (χ2v) is 6.63. The first-order valence-electron chi connectivity index (χ1n) is 8.54. The number of nitrogens with zero attached hydrogens (tertiary/aromatic N) is 3. The number of hydrogen-bond acceptors (Lipinski definition) is 4. The van der Waals surface area contributed by atoms with Crippen LogP contribution >= 0.6 is 0 Å². The fraction of sp³-hybridized carbons (Fsp3) is 0.938. The van der Waals surface area contributed by atoms with Crippen molar-refractivity contribution in [2.45, 2.75) is 38.1 Å². The van der Waals surface area contributed by atoms with Gasteiger partial charge in [0.2, 0.25) is 5.91 Å². The summed E-state index contributed by atoms with van der Waals surface area (Å²) in [5.74, 6) is 0.282. The monoisotopic (exact) mass is 296 g/mol. The number of carbonyl (C=O) groups excluding carboxylic acids is 1. The lowest BCUT2D eigenvalue weighted by molar-refractivity contribution is -0.133. The van der Waals surface area contributed by atoms with E-state index in [1.807, 2.05) is 11.9 Å². The van der Waals surface area contributed by atoms with Gasteiger partial charge in [-0.05, 0) is 19.9 Å². The number of rotatable bonds is 6. The second kappa shape index (κ2) is 8.71. The SMILES string of the molecule is CN(CCN1CCNCC1)CC(=O)N(C)C1CCCCC1. The van der Waals surface area contributed by atoms with E-state index in [-0.39, 0.29) is 5.91 Å². The van der Waals surface area contributed by atoms with E-state index in [0.29, 0.717) is 12.6 Å². The van der Waals surface area contributed by atoms with Crippen molar-refractivity contribution >= 4 is 5.91 Å². The summed E-state index contributed by atoms with van der Waals surface area (Å²) < 4.78 is 0. The third kappa shape index (κ3) is 5.57. The molecule has 0 aromatic rings. The number of carbonyl (C=O) groups is 1. The van der Waals surface area contributed by atoms with Gasteiger partial charge >= 0.3 is 0 Å². The molecule has 1 N–H and O–H groups in total. The highest BCUT2D eigenvalue weighted by atomic mass is 16.2. The Balaban J connectivity index is 1.65. The normalized spacial score (nSPS) is 21.7. The molecule has 1 aliphatic heterocycles. The molecular formula is C16H32N4O. The van der Waals surface area contributed by atoms with Crippen LogP contribution in [0.4, 0.5) is 0 Å². The van der Waals surface area contributed by atoms with Gasteiger partial charge in [-0.2, -0.15) is 0 Å². The molecule has 1 saturated carbocycles. The molecule has 2 aliphatic rings. The average molecular weight is 296 g/mol. The van der Waals surface area contributed by atoms with Crippen molar-refractivity contribution in [1.82, 2.24) is 20.0 Å². The molecule has 0 spiro atoms. The van der Waals surface area contributed by atoms with Crippen molar-refractivity contribution in [3.8, 4) is 0 Å². The minimum Gasteiger partial charge on any atom is -0.342 e. The van der Waals surface area contributed by atoms with Crippen LogP contribution in [0.5, 0.6) is 0 Å². The minimum absolute atomic E-state index is 0.282. The van der Waals surface area contributed by atoms with E-state index in [1.165, 1.54) is 32.1 Å². The van der Waals surface area contributed by atoms with Crippen LogP contribution in [0.15, 0.2) is 0 Å². The fourth-order valence-corrected chi connectivity index (χ4v) is 3.34. The van der Waals surface area contributed by atoms with Gasteiger partial charge in [-0.15, -0.1) is 0 Å². The first-order valence-corrected chi connectivity index (χ1v) is 8.54. The Morgan fingerprint density at radius 1 is 1.14 bits per heavy atom. The Hall–Kier alpha value is -0.650. The lowest BCUT2D eigenvalue weighted by Crippen LogP contribution is -2.47. The van der Waals surface area contributed by atoms with Crippen LogP contribution in [0.1, 0.15) is 32.1 Å². The van der Waals surface area contributed by atoms with Crippen molar-refractivity contribution in [2.75, 3.05) is 59.9 Å². The highest BCUT2D eigenvalue weighted by Gasteiger charge is 2.22. The number of likely N-dealkylation sites (N-methyl/N-ethyl adjacent to an activating group) is 2. The van der Waals surface area contributed by atoms with Gasteiger partial charge < -0.3 is 10.2 Å². The summed E-state index contributed by atoms with van der Waals surface area (Å²) in [5.41, 5.74) is 0. The number of hydrogen-bond donors (Lipinski definition) is 1. The molecule has 21 heavy (non-hydrogen) atoms. The van der Waals surface area contributed by atoms with Gasteiger partial charge in [-0.25, -0.2) is 0 Å². The largest absolute Gasteiger partial charge is 0.342 e. The zero-order valence-corrected chi connectivity index (χ0v) is 13.8. The molecule has 5 nitrogen and oxygen atoms in total. The Morgan fingerprint density at radius 2 is 1.81 bits per heavy atom. The summed E-state index contributed by atoms with van der Waals surface area (Å²) >= 11 is 0. The van der Waals surface area contributed by atoms with E-state index >= 15 is 0 Å². The van der Waals surface area contributed by atoms with Crippen LogP contribution in [0, 0.1) is 0 Å². The van der Waals surface area contributed by atoms with Gasteiger partial charge in [0, 0.05) is 52.4 Å². The minimum atomic E-state index is 0.282. The highest BCUT2D eigenvalue weighted by Crippen LogP contribution is 2.21. The summed E-state index contributed by atoms with van der Waals surface area (Å²) in [6, 6.07) is 0.479. The Kier molecular flexibility index (Phi) is 6.93. The van der Waals surface area contributed by atoms with Gasteiger partial charge in [0.15, 0.2) is 0 Å². The van der Waals surface area contributed by atoms with E-state index in [4.69, 9.17) is 0 Å². The van der Waals surface area contributed by atoms with Crippen LogP contribution in [-0.4, -0.2) is 86.6 Å². The van der Waals surface area contributed by atoms with E-state index in [0.717, 1.165) is 39.3 Å². The molecular weight excluding hydrogens is 264 g/mol. The molecule has 0 unspecified atom stereocenters. The molecule has 0 aromatic heterocycles. The second-order valence-electron chi connectivity index (χ2n) is 6.63. The molecule has 5 heteroatoms. The lowest BCUT2D eigenvalue weighted by atomic mass is 9.94. The average Bonchev–Trinajstić information content (AvgIpc) is 2.54. The van der Waals surface area contributed by atoms with E-state index in [1.54, 1.807) is 0 Å². The van der Waals surface area contributed by atoms with Crippen molar-refractivity contribution in [3.63, 3.8) is 0 Å². The maximum Gasteiger partial charge on any atom is 0.236 e. The molecule has 1 saturated heterocycles. The number of amides is 1. The summed E-state index contributed by atoms with van der Waals surface area (Å²) in [7, 11) is 4.05. The summed E-state index contributed by atoms with van der Waals surface area (Å²) in [5, 5.41) is 3.37. The quantitative estimate of drug-likeness (QED) is 0.780. The van der Waals surface area contributed by atoms with Crippen LogP contribution in [0.3, 0.4) is 0 Å². The molecule has 1 aliphatic carbocycles. The first kappa shape index (κ1) is 16.7. The number of piperazine rings is 1. The predicted molar refractivity (Wildman–Crippen MR) is 86.4 cm³/mol. The van der Waals surface area contributed by atoms with Gasteiger partial charge in [-0.1, -0.05) is 19.3 Å². The third-order valence-electron chi connectivity index (χ3n) is 4.93. The van der Waals surface area contributed by atoms with Gasteiger partial charge in [0.1, 0.15) is 0 Å². The van der Waals surface area contributed by atoms with Crippen molar-refractivity contribution in [2.24, 2.45) is 0 Å². The van der Waals surface area contributed by atoms with E-state index < -0.39 is 0 Å². The van der Waals surface area contributed by atoms with Crippen LogP contribution in [0.25, 0.3) is 0 Å². The Labute approximate surface area is 129 Å². The standard InChI is InChI=1S/C16H32N4O/c1-18(12-13-20-10-8-17-9-11-20)14-16(21)19(2)15-6-4-3-5-7-15/h15,17H,3-14H2,1-2H3. The number of nitrogens with one attached hydrogen (secondary N) is 1. The first-order chi connectivity index (χ1) is 10.2. The highest BCUT2D eigenvalue weighted by molar-refractivity contribution is 5.78. The molecule has 122 valence electrons. The van der Waals surface area contributed by atoms with Gasteiger partial charge in [-0.3, -0.25) is 14.6 Å². The van der Waals surface area contributed by atoms with Crippen LogP contribution in [-0.2, 0) is 4.79 Å². The molecule has 0 bridgehead atoms. The summed E-state index contributed by atoms with van der Waals surface area (Å²) in [6.45, 7) is 7.04. The van der Waals surface area contributed by atoms with Crippen molar-refractivity contribution in [1.29, 1.82) is 0 Å². The van der Waals surface area contributed by atoms with Gasteiger partial charge in [0.25, 0.3) is 0 Å². The molecule has 2 fully saturated rings. The molecule has 2 rings (SSSR count). The van der Waals surface area contributed by atoms with Crippen LogP contribution < -0.4 is 5.32 Å². The summed E-state index contributed by atoms with van der Waals surface area (Å²) in [4.78, 5) is 19.0. The van der Waals surface area contributed by atoms with E-state index in [9.17, 15) is 4.79 Å². The Morgan fingerprint density at radius 3 is 2.48 bits per heavy atom. The molecule has 0 radical (unpaired) electrons. The third-order valence-corrected chi connectivity index (χ3v) is 4.93. The smallest absolute Gasteiger partial charge is 0.236 e. The van der Waals surface area contributed by atoms with E-state index in [2.05, 4.69) is 22.2 Å². The van der Waals surface area contributed by atoms with Crippen LogP contribution in [0.2, 0.25) is 0 Å². The molecule has 1 amide bonds. The zero-order chi connectivity index (χ0) is 15.1. The summed E-state index contributed by atoms with van der Waals surface area (Å²) in [6.07, 6.45) is 6.27. The van der Waals surface area contributed by atoms with Crippen molar-refractivity contribution in [3.05, 3.63) is 0 Å². The Bertz CT molecular complexity index is 311. The fourth-order valence-electron chi connectivity index (χ4n) is 3.34. The molecule has 0 atom stereocenters. The molecule has 0 aromatic carbocycles.